The number of nitriles is 1. The van der Waals surface area contributed by atoms with Crippen LogP contribution in [0.15, 0.2) is 70.5 Å². The fourth-order valence-corrected chi connectivity index (χ4v) is 3.43. The molecular weight excluding hydrogens is 406 g/mol. The van der Waals surface area contributed by atoms with Crippen LogP contribution in [0.2, 0.25) is 0 Å². The van der Waals surface area contributed by atoms with Crippen LogP contribution in [0.5, 0.6) is 5.75 Å². The van der Waals surface area contributed by atoms with E-state index in [9.17, 15) is 5.26 Å². The Hall–Kier alpha value is -3.34. The van der Waals surface area contributed by atoms with Crippen molar-refractivity contribution >= 4 is 6.21 Å². The van der Waals surface area contributed by atoms with Gasteiger partial charge in [-0.1, -0.05) is 50.1 Å². The standard InChI is InChI=1S/C29H35N3O/c1-6-9-25(14-11-23(8-3)18-30)28-15-12-24(19-31)16-29(28)33-27-17-26(21(4)7-2)13-10-22(5)32-20-27/h8,11-17,20-22,25H,7,10,18,30H2,1-5H3/b14-11-,23-8+,26-13-,27-17+,32-20-. The number of hydrogen-bond acceptors (Lipinski definition) is 4. The van der Waals surface area contributed by atoms with Crippen LogP contribution in [0.4, 0.5) is 0 Å². The highest BCUT2D eigenvalue weighted by Gasteiger charge is 2.16. The molecule has 0 spiro atoms. The summed E-state index contributed by atoms with van der Waals surface area (Å²) in [4.78, 5) is 4.62. The van der Waals surface area contributed by atoms with E-state index in [1.807, 2.05) is 38.1 Å². The summed E-state index contributed by atoms with van der Waals surface area (Å²) in [5, 5.41) is 9.49. The second kappa shape index (κ2) is 13.3. The quantitative estimate of drug-likeness (QED) is 0.384. The van der Waals surface area contributed by atoms with E-state index in [1.54, 1.807) is 18.3 Å². The van der Waals surface area contributed by atoms with Crippen molar-refractivity contribution in [2.45, 2.75) is 59.4 Å². The van der Waals surface area contributed by atoms with Gasteiger partial charge in [-0.2, -0.15) is 5.26 Å². The molecule has 3 unspecified atom stereocenters. The maximum absolute atomic E-state index is 9.49. The van der Waals surface area contributed by atoms with Gasteiger partial charge in [0.1, 0.15) is 11.5 Å². The Bertz CT molecular complexity index is 1070. The summed E-state index contributed by atoms with van der Waals surface area (Å²) in [6.45, 7) is 10.7. The topological polar surface area (TPSA) is 71.4 Å². The third kappa shape index (κ3) is 7.63. The predicted octanol–water partition coefficient (Wildman–Crippen LogP) is 6.22. The third-order valence-electron chi connectivity index (χ3n) is 5.76. The maximum Gasteiger partial charge on any atom is 0.145 e. The van der Waals surface area contributed by atoms with Gasteiger partial charge in [-0.05, 0) is 68.9 Å². The number of hydrogen-bond donors (Lipinski definition) is 1. The number of rotatable bonds is 8. The molecule has 4 heteroatoms. The fraction of sp³-hybridized carbons (Fsp3) is 0.379. The largest absolute Gasteiger partial charge is 0.455 e. The first kappa shape index (κ1) is 25.9. The first-order chi connectivity index (χ1) is 15.9. The number of allylic oxidation sites excluding steroid dienone is 5. The lowest BCUT2D eigenvalue weighted by atomic mass is 9.95. The molecule has 4 nitrogen and oxygen atoms in total. The Morgan fingerprint density at radius 2 is 2.18 bits per heavy atom. The van der Waals surface area contributed by atoms with Crippen molar-refractivity contribution in [2.24, 2.45) is 16.6 Å². The highest BCUT2D eigenvalue weighted by molar-refractivity contribution is 5.78. The lowest BCUT2D eigenvalue weighted by molar-refractivity contribution is 0.448. The van der Waals surface area contributed by atoms with Crippen LogP contribution in [0.1, 0.15) is 64.5 Å². The number of nitrogens with zero attached hydrogens (tertiary/aromatic N) is 2. The Morgan fingerprint density at radius 1 is 1.39 bits per heavy atom. The minimum Gasteiger partial charge on any atom is -0.455 e. The van der Waals surface area contributed by atoms with Crippen LogP contribution in [-0.4, -0.2) is 18.8 Å². The first-order valence-corrected chi connectivity index (χ1v) is 11.6. The summed E-state index contributed by atoms with van der Waals surface area (Å²) < 4.78 is 6.40. The lowest BCUT2D eigenvalue weighted by Crippen LogP contribution is -2.09. The molecule has 3 atom stereocenters. The zero-order valence-electron chi connectivity index (χ0n) is 20.4. The highest BCUT2D eigenvalue weighted by Crippen LogP contribution is 2.31. The second-order valence-corrected chi connectivity index (χ2v) is 8.19. The van der Waals surface area contributed by atoms with Crippen LogP contribution in [0.3, 0.4) is 0 Å². The molecule has 33 heavy (non-hydrogen) atoms. The van der Waals surface area contributed by atoms with Crippen molar-refractivity contribution in [3.8, 4) is 23.7 Å². The smallest absolute Gasteiger partial charge is 0.145 e. The second-order valence-electron chi connectivity index (χ2n) is 8.19. The minimum absolute atomic E-state index is 0.179. The van der Waals surface area contributed by atoms with Crippen molar-refractivity contribution < 1.29 is 4.74 Å². The normalized spacial score (nSPS) is 22.3. The molecule has 0 fully saturated rings. The summed E-state index contributed by atoms with van der Waals surface area (Å²) in [7, 11) is 0. The zero-order chi connectivity index (χ0) is 24.2. The molecule has 1 aromatic rings. The van der Waals surface area contributed by atoms with Gasteiger partial charge in [0.2, 0.25) is 0 Å². The average Bonchev–Trinajstić information content (AvgIpc) is 2.83. The Morgan fingerprint density at radius 3 is 2.82 bits per heavy atom. The summed E-state index contributed by atoms with van der Waals surface area (Å²) >= 11 is 0. The maximum atomic E-state index is 9.49. The van der Waals surface area contributed by atoms with E-state index in [0.29, 0.717) is 29.5 Å². The summed E-state index contributed by atoms with van der Waals surface area (Å²) in [5.41, 5.74) is 9.52. The van der Waals surface area contributed by atoms with Gasteiger partial charge in [-0.3, -0.25) is 4.99 Å². The predicted molar refractivity (Wildman–Crippen MR) is 138 cm³/mol. The van der Waals surface area contributed by atoms with E-state index in [0.717, 1.165) is 24.0 Å². The van der Waals surface area contributed by atoms with Crippen molar-refractivity contribution in [1.82, 2.24) is 0 Å². The molecule has 0 radical (unpaired) electrons. The zero-order valence-corrected chi connectivity index (χ0v) is 20.4. The van der Waals surface area contributed by atoms with Crippen LogP contribution in [-0.2, 0) is 0 Å². The van der Waals surface area contributed by atoms with Crippen LogP contribution in [0.25, 0.3) is 0 Å². The monoisotopic (exact) mass is 441 g/mol. The van der Waals surface area contributed by atoms with Crippen LogP contribution >= 0.6 is 0 Å². The molecule has 0 aliphatic carbocycles. The van der Waals surface area contributed by atoms with E-state index < -0.39 is 0 Å². The third-order valence-corrected chi connectivity index (χ3v) is 5.76. The number of ether oxygens (including phenoxy) is 1. The molecule has 0 saturated heterocycles. The van der Waals surface area contributed by atoms with Gasteiger partial charge in [0, 0.05) is 12.1 Å². The minimum atomic E-state index is -0.200. The Kier molecular flexibility index (Phi) is 10.4. The molecule has 0 amide bonds. The van der Waals surface area contributed by atoms with Crippen molar-refractivity contribution in [2.75, 3.05) is 6.54 Å². The van der Waals surface area contributed by atoms with Gasteiger partial charge in [0.05, 0.1) is 29.8 Å². The van der Waals surface area contributed by atoms with Crippen LogP contribution < -0.4 is 10.5 Å². The molecule has 1 heterocycles. The average molecular weight is 442 g/mol. The van der Waals surface area contributed by atoms with Gasteiger partial charge >= 0.3 is 0 Å². The van der Waals surface area contributed by atoms with Gasteiger partial charge in [0.15, 0.2) is 0 Å². The molecule has 1 aliphatic heterocycles. The molecule has 0 saturated carbocycles. The van der Waals surface area contributed by atoms with Gasteiger partial charge in [0.25, 0.3) is 0 Å². The van der Waals surface area contributed by atoms with E-state index in [-0.39, 0.29) is 12.0 Å². The van der Waals surface area contributed by atoms with E-state index in [2.05, 4.69) is 55.8 Å². The number of aliphatic imine (C=N–C) groups is 1. The van der Waals surface area contributed by atoms with E-state index in [1.165, 1.54) is 5.57 Å². The number of nitrogens with two attached hydrogens (primary N) is 1. The number of benzene rings is 1. The van der Waals surface area contributed by atoms with Gasteiger partial charge in [-0.25, -0.2) is 0 Å². The highest BCUT2D eigenvalue weighted by atomic mass is 16.5. The van der Waals surface area contributed by atoms with Crippen molar-refractivity contribution in [3.05, 3.63) is 76.6 Å². The summed E-state index contributed by atoms with van der Waals surface area (Å²) in [6.07, 6.45) is 14.1. The summed E-state index contributed by atoms with van der Waals surface area (Å²) in [5.74, 6) is 7.76. The Labute approximate surface area is 199 Å². The molecule has 1 aromatic carbocycles. The summed E-state index contributed by atoms with van der Waals surface area (Å²) in [6, 6.07) is 7.88. The first-order valence-electron chi connectivity index (χ1n) is 11.6. The molecule has 172 valence electrons. The van der Waals surface area contributed by atoms with Crippen molar-refractivity contribution in [3.63, 3.8) is 0 Å². The van der Waals surface area contributed by atoms with E-state index in [4.69, 9.17) is 10.5 Å². The van der Waals surface area contributed by atoms with Crippen LogP contribution in [0, 0.1) is 29.1 Å². The molecule has 0 bridgehead atoms. The molecule has 0 aromatic heterocycles. The van der Waals surface area contributed by atoms with Gasteiger partial charge < -0.3 is 10.5 Å². The van der Waals surface area contributed by atoms with Crippen molar-refractivity contribution in [1.29, 1.82) is 5.26 Å². The molecule has 2 N–H and O–H groups in total. The molecule has 2 rings (SSSR count). The van der Waals surface area contributed by atoms with Gasteiger partial charge in [-0.15, -0.1) is 5.92 Å². The Balaban J connectivity index is 2.55. The molecule has 1 aliphatic rings. The molecular formula is C29H35N3O. The fourth-order valence-electron chi connectivity index (χ4n) is 3.43. The SMILES string of the molecule is CC#CC(/C=C\C(=C/C)CN)c1ccc(C#N)cc1OC1=C/C(C(C)CC)=C/CC(C)/N=C\1. The lowest BCUT2D eigenvalue weighted by Gasteiger charge is -2.18. The van der Waals surface area contributed by atoms with E-state index >= 15 is 0 Å².